The number of nitrogens with one attached hydrogen (secondary N) is 3. The van der Waals surface area contributed by atoms with Gasteiger partial charge in [-0.05, 0) is 105 Å². The lowest BCUT2D eigenvalue weighted by atomic mass is 9.47. The van der Waals surface area contributed by atoms with Crippen molar-refractivity contribution in [3.8, 4) is 0 Å². The number of halogens is 1. The molecule has 8 atom stereocenters. The summed E-state index contributed by atoms with van der Waals surface area (Å²) in [6.07, 6.45) is 8.99. The maximum absolute atomic E-state index is 12.7. The molecule has 5 rings (SSSR count). The fourth-order valence-electron chi connectivity index (χ4n) is 8.60. The van der Waals surface area contributed by atoms with E-state index in [0.717, 1.165) is 24.7 Å². The van der Waals surface area contributed by atoms with Crippen molar-refractivity contribution >= 4 is 29.2 Å². The van der Waals surface area contributed by atoms with Gasteiger partial charge in [0.1, 0.15) is 0 Å². The largest absolute Gasteiger partial charge is 0.353 e. The number of rotatable bonds is 3. The van der Waals surface area contributed by atoms with Crippen LogP contribution in [0.4, 0.5) is 10.5 Å². The summed E-state index contributed by atoms with van der Waals surface area (Å²) in [5.74, 6) is 2.91. The van der Waals surface area contributed by atoms with Gasteiger partial charge in [-0.15, -0.1) is 0 Å². The summed E-state index contributed by atoms with van der Waals surface area (Å²) in [5, 5.41) is 10.1. The Morgan fingerprint density at radius 3 is 2.67 bits per heavy atom. The minimum absolute atomic E-state index is 0.122. The van der Waals surface area contributed by atoms with Crippen molar-refractivity contribution in [2.75, 3.05) is 5.32 Å². The van der Waals surface area contributed by atoms with Crippen molar-refractivity contribution < 1.29 is 9.59 Å². The highest BCUT2D eigenvalue weighted by Gasteiger charge is 2.60. The van der Waals surface area contributed by atoms with Crippen LogP contribution < -0.4 is 16.0 Å². The van der Waals surface area contributed by atoms with Crippen LogP contribution in [0.1, 0.15) is 72.1 Å². The van der Waals surface area contributed by atoms with Crippen LogP contribution in [0.2, 0.25) is 5.02 Å². The number of amides is 3. The summed E-state index contributed by atoms with van der Waals surface area (Å²) in [5.41, 5.74) is 1.23. The monoisotopic (exact) mass is 471 g/mol. The topological polar surface area (TPSA) is 70.2 Å². The second kappa shape index (κ2) is 8.48. The Bertz CT molecular complexity index is 938. The van der Waals surface area contributed by atoms with Gasteiger partial charge in [0.15, 0.2) is 0 Å². The van der Waals surface area contributed by atoms with Crippen molar-refractivity contribution in [2.45, 2.75) is 84.2 Å². The molecule has 6 heteroatoms. The van der Waals surface area contributed by atoms with E-state index in [1.54, 1.807) is 12.1 Å². The van der Waals surface area contributed by atoms with Crippen molar-refractivity contribution in [1.29, 1.82) is 0 Å². The summed E-state index contributed by atoms with van der Waals surface area (Å²) in [6.45, 7) is 7.12. The summed E-state index contributed by atoms with van der Waals surface area (Å²) < 4.78 is 0. The predicted octanol–water partition coefficient (Wildman–Crippen LogP) is 5.99. The molecule has 3 saturated carbocycles. The predicted molar refractivity (Wildman–Crippen MR) is 132 cm³/mol. The average molecular weight is 472 g/mol. The highest BCUT2D eigenvalue weighted by Crippen LogP contribution is 2.65. The SMILES string of the molecule is CC(NC(=O)Nc1cccc(Cl)c1)[C@H]1CC[C@H]2[C@@H]3CCC4NC(=O)CC[C@]4(C)[C@H]3CC[C@]12C. The van der Waals surface area contributed by atoms with Gasteiger partial charge in [-0.3, -0.25) is 4.79 Å². The van der Waals surface area contributed by atoms with Gasteiger partial charge in [-0.1, -0.05) is 31.5 Å². The van der Waals surface area contributed by atoms with E-state index < -0.39 is 0 Å². The van der Waals surface area contributed by atoms with E-state index in [9.17, 15) is 9.59 Å². The number of hydrogen-bond acceptors (Lipinski definition) is 2. The number of carbonyl (C=O) groups is 2. The summed E-state index contributed by atoms with van der Waals surface area (Å²) in [7, 11) is 0. The molecular weight excluding hydrogens is 434 g/mol. The molecule has 0 bridgehead atoms. The number of piperidine rings is 1. The van der Waals surface area contributed by atoms with Crippen molar-refractivity contribution in [3.63, 3.8) is 0 Å². The molecule has 1 aromatic rings. The average Bonchev–Trinajstić information content (AvgIpc) is 3.11. The molecule has 4 fully saturated rings. The highest BCUT2D eigenvalue weighted by molar-refractivity contribution is 6.30. The van der Waals surface area contributed by atoms with Gasteiger partial charge in [-0.25, -0.2) is 4.79 Å². The van der Waals surface area contributed by atoms with Crippen LogP contribution in [0.25, 0.3) is 0 Å². The van der Waals surface area contributed by atoms with Crippen molar-refractivity contribution in [3.05, 3.63) is 29.3 Å². The van der Waals surface area contributed by atoms with Crippen molar-refractivity contribution in [1.82, 2.24) is 10.6 Å². The minimum atomic E-state index is -0.156. The number of hydrogen-bond donors (Lipinski definition) is 3. The summed E-state index contributed by atoms with van der Waals surface area (Å²) in [6, 6.07) is 7.60. The second-order valence-electron chi connectivity index (χ2n) is 11.7. The van der Waals surface area contributed by atoms with E-state index in [0.29, 0.717) is 35.0 Å². The zero-order valence-electron chi connectivity index (χ0n) is 20.1. The first-order valence-electron chi connectivity index (χ1n) is 12.8. The molecule has 1 saturated heterocycles. The zero-order chi connectivity index (χ0) is 23.4. The highest BCUT2D eigenvalue weighted by atomic mass is 35.5. The van der Waals surface area contributed by atoms with E-state index >= 15 is 0 Å². The fourth-order valence-corrected chi connectivity index (χ4v) is 8.80. The lowest BCUT2D eigenvalue weighted by molar-refractivity contribution is -0.137. The Labute approximate surface area is 202 Å². The van der Waals surface area contributed by atoms with Crippen LogP contribution in [-0.2, 0) is 4.79 Å². The van der Waals surface area contributed by atoms with E-state index in [2.05, 4.69) is 36.7 Å². The van der Waals surface area contributed by atoms with Gasteiger partial charge in [0.25, 0.3) is 0 Å². The Morgan fingerprint density at radius 1 is 1.09 bits per heavy atom. The van der Waals surface area contributed by atoms with Gasteiger partial charge >= 0.3 is 6.03 Å². The maximum atomic E-state index is 12.7. The molecule has 5 nitrogen and oxygen atoms in total. The lowest BCUT2D eigenvalue weighted by Gasteiger charge is -2.60. The molecular formula is C27H38ClN3O2. The first-order valence-corrected chi connectivity index (χ1v) is 13.2. The van der Waals surface area contributed by atoms with Gasteiger partial charge in [0.05, 0.1) is 0 Å². The third-order valence-electron chi connectivity index (χ3n) is 10.2. The lowest BCUT2D eigenvalue weighted by Crippen LogP contribution is -2.61. The van der Waals surface area contributed by atoms with Gasteiger partial charge < -0.3 is 16.0 Å². The molecule has 180 valence electrons. The molecule has 33 heavy (non-hydrogen) atoms. The van der Waals surface area contributed by atoms with E-state index in [-0.39, 0.29) is 28.8 Å². The van der Waals surface area contributed by atoms with Crippen LogP contribution in [0, 0.1) is 34.5 Å². The van der Waals surface area contributed by atoms with Crippen LogP contribution in [0.3, 0.4) is 0 Å². The first kappa shape index (κ1) is 23.0. The van der Waals surface area contributed by atoms with Crippen LogP contribution in [0.5, 0.6) is 0 Å². The minimum Gasteiger partial charge on any atom is -0.353 e. The zero-order valence-corrected chi connectivity index (χ0v) is 20.9. The molecule has 3 aliphatic carbocycles. The van der Waals surface area contributed by atoms with E-state index in [4.69, 9.17) is 11.6 Å². The number of urea groups is 1. The molecule has 0 aromatic heterocycles. The number of benzene rings is 1. The molecule has 1 aromatic carbocycles. The Kier molecular flexibility index (Phi) is 5.91. The summed E-state index contributed by atoms with van der Waals surface area (Å²) in [4.78, 5) is 24.7. The molecule has 1 aliphatic heterocycles. The number of anilines is 1. The molecule has 0 radical (unpaired) electrons. The molecule has 3 amide bonds. The van der Waals surface area contributed by atoms with E-state index in [1.165, 1.54) is 32.1 Å². The second-order valence-corrected chi connectivity index (χ2v) is 12.1. The van der Waals surface area contributed by atoms with Crippen molar-refractivity contribution in [2.24, 2.45) is 34.5 Å². The van der Waals surface area contributed by atoms with Crippen LogP contribution in [0.15, 0.2) is 24.3 Å². The quantitative estimate of drug-likeness (QED) is 0.506. The smallest absolute Gasteiger partial charge is 0.319 e. The van der Waals surface area contributed by atoms with Gasteiger partial charge in [-0.2, -0.15) is 0 Å². The Hall–Kier alpha value is -1.75. The number of carbonyl (C=O) groups excluding carboxylic acids is 2. The molecule has 4 aliphatic rings. The third-order valence-corrected chi connectivity index (χ3v) is 10.4. The van der Waals surface area contributed by atoms with Crippen LogP contribution in [-0.4, -0.2) is 24.0 Å². The van der Waals surface area contributed by atoms with Gasteiger partial charge in [0.2, 0.25) is 5.91 Å². The van der Waals surface area contributed by atoms with Gasteiger partial charge in [0, 0.05) is 29.2 Å². The Balaban J connectivity index is 1.27. The normalized spacial score (nSPS) is 40.6. The molecule has 0 spiro atoms. The molecule has 1 heterocycles. The Morgan fingerprint density at radius 2 is 1.88 bits per heavy atom. The first-order chi connectivity index (χ1) is 15.7. The standard InChI is InChI=1S/C27H38ClN3O2/c1-16(29-25(33)30-18-6-4-5-17(28)15-18)20-8-9-21-19-7-10-23-27(3,14-12-24(32)31-23)22(19)11-13-26(20,21)2/h4-6,15-16,19-23H,7-14H2,1-3H3,(H,31,32)(H2,29,30,33)/t16?,19-,20+,21-,22-,23?,26+,27+/m0/s1. The number of fused-ring (bicyclic) bond motifs is 5. The maximum Gasteiger partial charge on any atom is 0.319 e. The fraction of sp³-hybridized carbons (Fsp3) is 0.704. The molecule has 2 unspecified atom stereocenters. The molecule has 3 N–H and O–H groups in total. The third kappa shape index (κ3) is 3.94. The van der Waals surface area contributed by atoms with E-state index in [1.807, 2.05) is 12.1 Å². The summed E-state index contributed by atoms with van der Waals surface area (Å²) >= 11 is 6.06. The van der Waals surface area contributed by atoms with Crippen LogP contribution >= 0.6 is 11.6 Å².